The van der Waals surface area contributed by atoms with Gasteiger partial charge in [0.2, 0.25) is 5.91 Å². The van der Waals surface area contributed by atoms with Gasteiger partial charge in [0.1, 0.15) is 0 Å². The number of carbonyl (C=O) groups excluding carboxylic acids is 1. The van der Waals surface area contributed by atoms with E-state index in [9.17, 15) is 18.0 Å². The Morgan fingerprint density at radius 1 is 1.30 bits per heavy atom. The summed E-state index contributed by atoms with van der Waals surface area (Å²) in [6.45, 7) is 3.62. The van der Waals surface area contributed by atoms with E-state index in [1.54, 1.807) is 4.90 Å². The average molecular weight is 458 g/mol. The van der Waals surface area contributed by atoms with Crippen molar-refractivity contribution in [3.63, 3.8) is 0 Å². The fourth-order valence-electron chi connectivity index (χ4n) is 6.30. The quantitative estimate of drug-likeness (QED) is 0.700. The highest BCUT2D eigenvalue weighted by molar-refractivity contribution is 5.84. The van der Waals surface area contributed by atoms with Crippen LogP contribution in [0, 0.1) is 18.3 Å². The van der Waals surface area contributed by atoms with Gasteiger partial charge >= 0.3 is 6.18 Å². The minimum atomic E-state index is -4.43. The van der Waals surface area contributed by atoms with Crippen molar-refractivity contribution in [2.24, 2.45) is 11.3 Å². The van der Waals surface area contributed by atoms with Crippen LogP contribution in [0.3, 0.4) is 0 Å². The van der Waals surface area contributed by atoms with Crippen LogP contribution >= 0.6 is 0 Å². The minimum absolute atomic E-state index is 0.132. The van der Waals surface area contributed by atoms with Crippen LogP contribution in [0.1, 0.15) is 60.1 Å². The topological polar surface area (TPSA) is 45.2 Å². The molecule has 1 N–H and O–H groups in total. The number of aromatic nitrogens is 1. The molecule has 4 nitrogen and oxygen atoms in total. The molecule has 3 unspecified atom stereocenters. The van der Waals surface area contributed by atoms with E-state index in [-0.39, 0.29) is 23.9 Å². The number of aryl methyl sites for hydroxylation is 1. The Bertz CT molecular complexity index is 1050. The molecule has 0 bridgehead atoms. The molecule has 2 heterocycles. The van der Waals surface area contributed by atoms with Gasteiger partial charge in [0, 0.05) is 44.0 Å². The van der Waals surface area contributed by atoms with Crippen LogP contribution in [-0.2, 0) is 30.5 Å². The van der Waals surface area contributed by atoms with E-state index in [0.717, 1.165) is 44.8 Å². The van der Waals surface area contributed by atoms with Crippen LogP contribution in [0.5, 0.6) is 0 Å². The summed E-state index contributed by atoms with van der Waals surface area (Å²) in [6, 6.07) is 9.90. The lowest BCUT2D eigenvalue weighted by atomic mass is 9.78. The number of alkyl halides is 3. The lowest BCUT2D eigenvalue weighted by Crippen LogP contribution is -2.46. The van der Waals surface area contributed by atoms with E-state index in [1.807, 2.05) is 0 Å². The number of pyridine rings is 1. The molecule has 1 aromatic heterocycles. The normalized spacial score (nSPS) is 26.8. The standard InChI is InChI=1S/C26H30F3N3O/c1-17-4-2-5-18(10-17)14-30-22-12-20-6-3-8-25(20,13-22)24(33)32-9-7-23-19(16-32)11-21(15-31-23)26(27,28)29/h2,4-5,10-11,15,20,22,30H,3,6-9,12-14,16H2,1H3. The van der Waals surface area contributed by atoms with Crippen LogP contribution in [0.4, 0.5) is 13.2 Å². The molecule has 0 spiro atoms. The fraction of sp³-hybridized carbons (Fsp3) is 0.538. The molecule has 2 aromatic rings. The average Bonchev–Trinajstić information content (AvgIpc) is 3.34. The van der Waals surface area contributed by atoms with Crippen LogP contribution in [-0.4, -0.2) is 28.4 Å². The van der Waals surface area contributed by atoms with Gasteiger partial charge in [-0.15, -0.1) is 0 Å². The first-order chi connectivity index (χ1) is 15.7. The predicted molar refractivity (Wildman–Crippen MR) is 119 cm³/mol. The maximum absolute atomic E-state index is 13.8. The Morgan fingerprint density at radius 3 is 2.94 bits per heavy atom. The Morgan fingerprint density at radius 2 is 2.15 bits per heavy atom. The van der Waals surface area contributed by atoms with Gasteiger partial charge in [-0.1, -0.05) is 36.2 Å². The number of rotatable bonds is 4. The van der Waals surface area contributed by atoms with E-state index in [1.165, 1.54) is 17.2 Å². The van der Waals surface area contributed by atoms with Gasteiger partial charge < -0.3 is 10.2 Å². The smallest absolute Gasteiger partial charge is 0.337 e. The summed E-state index contributed by atoms with van der Waals surface area (Å²) in [4.78, 5) is 19.7. The molecule has 2 fully saturated rings. The molecule has 5 rings (SSSR count). The third-order valence-corrected chi connectivity index (χ3v) is 7.89. The van der Waals surface area contributed by atoms with E-state index in [4.69, 9.17) is 0 Å². The van der Waals surface area contributed by atoms with Gasteiger partial charge in [-0.25, -0.2) is 0 Å². The number of carbonyl (C=O) groups is 1. The first-order valence-electron chi connectivity index (χ1n) is 11.9. The lowest BCUT2D eigenvalue weighted by molar-refractivity contribution is -0.144. The molecule has 7 heteroatoms. The van der Waals surface area contributed by atoms with Gasteiger partial charge in [0.05, 0.1) is 11.0 Å². The Hall–Kier alpha value is -2.41. The van der Waals surface area contributed by atoms with Crippen molar-refractivity contribution in [1.29, 1.82) is 0 Å². The number of nitrogens with zero attached hydrogens (tertiary/aromatic N) is 2. The van der Waals surface area contributed by atoms with Crippen LogP contribution in [0.15, 0.2) is 36.5 Å². The maximum atomic E-state index is 13.8. The summed E-state index contributed by atoms with van der Waals surface area (Å²) in [7, 11) is 0. The highest BCUT2D eigenvalue weighted by Crippen LogP contribution is 2.55. The van der Waals surface area contributed by atoms with Gasteiger partial charge in [-0.3, -0.25) is 9.78 Å². The van der Waals surface area contributed by atoms with Crippen LogP contribution < -0.4 is 5.32 Å². The van der Waals surface area contributed by atoms with Gasteiger partial charge in [0.15, 0.2) is 0 Å². The molecule has 3 atom stereocenters. The minimum Gasteiger partial charge on any atom is -0.337 e. The second kappa shape index (κ2) is 8.42. The summed E-state index contributed by atoms with van der Waals surface area (Å²) in [5.41, 5.74) is 2.57. The number of amides is 1. The summed E-state index contributed by atoms with van der Waals surface area (Å²) < 4.78 is 39.5. The van der Waals surface area contributed by atoms with Gasteiger partial charge in [-0.05, 0) is 55.7 Å². The van der Waals surface area contributed by atoms with Crippen molar-refractivity contribution in [1.82, 2.24) is 15.2 Å². The van der Waals surface area contributed by atoms with E-state index < -0.39 is 11.7 Å². The highest BCUT2D eigenvalue weighted by Gasteiger charge is 2.56. The molecule has 33 heavy (non-hydrogen) atoms. The van der Waals surface area contributed by atoms with E-state index >= 15 is 0 Å². The molecule has 1 amide bonds. The van der Waals surface area contributed by atoms with Gasteiger partial charge in [-0.2, -0.15) is 13.2 Å². The lowest BCUT2D eigenvalue weighted by Gasteiger charge is -2.37. The second-order valence-corrected chi connectivity index (χ2v) is 10.1. The summed E-state index contributed by atoms with van der Waals surface area (Å²) in [5.74, 6) is 0.481. The zero-order valence-electron chi connectivity index (χ0n) is 18.9. The number of nitrogens with one attached hydrogen (secondary N) is 1. The number of benzene rings is 1. The molecule has 3 aliphatic rings. The number of fused-ring (bicyclic) bond motifs is 2. The first-order valence-corrected chi connectivity index (χ1v) is 11.9. The molecule has 0 radical (unpaired) electrons. The third-order valence-electron chi connectivity index (χ3n) is 7.89. The van der Waals surface area contributed by atoms with Crippen LogP contribution in [0.2, 0.25) is 0 Å². The first kappa shape index (κ1) is 22.4. The predicted octanol–water partition coefficient (Wildman–Crippen LogP) is 5.03. The maximum Gasteiger partial charge on any atom is 0.417 e. The Kier molecular flexibility index (Phi) is 5.71. The SMILES string of the molecule is Cc1cccc(CNC2CC3CCCC3(C(=O)N3CCc4ncc(C(F)(F)F)cc4C3)C2)c1. The molecular weight excluding hydrogens is 427 g/mol. The van der Waals surface area contributed by atoms with Crippen molar-refractivity contribution in [3.05, 3.63) is 64.5 Å². The summed E-state index contributed by atoms with van der Waals surface area (Å²) >= 11 is 0. The Balaban J connectivity index is 1.29. The van der Waals surface area contributed by atoms with Crippen molar-refractivity contribution < 1.29 is 18.0 Å². The molecular formula is C26H30F3N3O. The van der Waals surface area contributed by atoms with E-state index in [0.29, 0.717) is 30.1 Å². The highest BCUT2D eigenvalue weighted by atomic mass is 19.4. The largest absolute Gasteiger partial charge is 0.417 e. The Labute approximate surface area is 192 Å². The van der Waals surface area contributed by atoms with Crippen LogP contribution in [0.25, 0.3) is 0 Å². The summed E-state index contributed by atoms with van der Waals surface area (Å²) in [6.07, 6.45) is 1.77. The zero-order valence-corrected chi connectivity index (χ0v) is 18.9. The molecule has 1 aromatic carbocycles. The van der Waals surface area contributed by atoms with Gasteiger partial charge in [0.25, 0.3) is 0 Å². The molecule has 0 saturated heterocycles. The number of hydrogen-bond donors (Lipinski definition) is 1. The fourth-order valence-corrected chi connectivity index (χ4v) is 6.30. The molecule has 176 valence electrons. The van der Waals surface area contributed by atoms with Crippen molar-refractivity contribution in [2.45, 2.75) is 70.8 Å². The van der Waals surface area contributed by atoms with Crippen molar-refractivity contribution in [3.8, 4) is 0 Å². The zero-order chi connectivity index (χ0) is 23.2. The third kappa shape index (κ3) is 4.27. The molecule has 1 aliphatic heterocycles. The monoisotopic (exact) mass is 457 g/mol. The molecule has 2 saturated carbocycles. The van der Waals surface area contributed by atoms with E-state index in [2.05, 4.69) is 41.5 Å². The number of hydrogen-bond acceptors (Lipinski definition) is 3. The number of halogens is 3. The molecule has 2 aliphatic carbocycles. The second-order valence-electron chi connectivity index (χ2n) is 10.1. The summed E-state index contributed by atoms with van der Waals surface area (Å²) in [5, 5.41) is 3.67. The van der Waals surface area contributed by atoms with Crippen molar-refractivity contribution >= 4 is 5.91 Å². The van der Waals surface area contributed by atoms with Crippen molar-refractivity contribution in [2.75, 3.05) is 6.54 Å².